The van der Waals surface area contributed by atoms with Crippen LogP contribution in [0.5, 0.6) is 0 Å². The van der Waals surface area contributed by atoms with Gasteiger partial charge in [0.1, 0.15) is 0 Å². The van der Waals surface area contributed by atoms with Crippen molar-refractivity contribution in [2.75, 3.05) is 10.8 Å². The highest BCUT2D eigenvalue weighted by molar-refractivity contribution is 7.93. The third-order valence-corrected chi connectivity index (χ3v) is 6.40. The molecule has 1 N–H and O–H groups in total. The van der Waals surface area contributed by atoms with Gasteiger partial charge in [-0.15, -0.1) is 6.58 Å². The molecule has 1 aliphatic heterocycles. The van der Waals surface area contributed by atoms with Crippen LogP contribution in [-0.2, 0) is 10.0 Å². The number of fused-ring (bicyclic) bond motifs is 3. The van der Waals surface area contributed by atoms with Crippen molar-refractivity contribution in [2.45, 2.75) is 31.2 Å². The van der Waals surface area contributed by atoms with Gasteiger partial charge in [0.2, 0.25) is 0 Å². The second-order valence-electron chi connectivity index (χ2n) is 6.34. The van der Waals surface area contributed by atoms with Gasteiger partial charge in [0.15, 0.2) is 0 Å². The molecule has 1 aliphatic rings. The largest absolute Gasteiger partial charge is 0.350 e. The minimum Gasteiger partial charge on any atom is -0.350 e. The minimum absolute atomic E-state index is 0.0726. The summed E-state index contributed by atoms with van der Waals surface area (Å²) in [6, 6.07) is 12.1. The van der Waals surface area contributed by atoms with Crippen LogP contribution in [-0.4, -0.2) is 26.9 Å². The number of hydrogen-bond acceptors (Lipinski definition) is 3. The van der Waals surface area contributed by atoms with Crippen LogP contribution in [0.25, 0.3) is 11.1 Å². The zero-order valence-corrected chi connectivity index (χ0v) is 15.7. The van der Waals surface area contributed by atoms with E-state index in [2.05, 4.69) is 11.9 Å². The highest BCUT2D eigenvalue weighted by Crippen LogP contribution is 2.43. The van der Waals surface area contributed by atoms with Crippen molar-refractivity contribution in [2.24, 2.45) is 0 Å². The van der Waals surface area contributed by atoms with Crippen molar-refractivity contribution in [3.05, 3.63) is 60.7 Å². The van der Waals surface area contributed by atoms with Crippen molar-refractivity contribution in [1.29, 1.82) is 0 Å². The van der Waals surface area contributed by atoms with E-state index in [9.17, 15) is 13.2 Å². The van der Waals surface area contributed by atoms with Crippen LogP contribution in [0.1, 0.15) is 30.6 Å². The molecule has 0 saturated carbocycles. The standard InChI is InChI=1S/C20H22N2O3S/c1-4-12-22-18-11-10-15(20(23)21-14(3)5-2)13-17(18)16-8-6-7-9-19(16)26(22,24)25/h4,6-11,13-14H,1,5,12H2,2-3H3,(H,21,23)/t14-/m0/s1. The number of nitrogens with one attached hydrogen (secondary N) is 1. The van der Waals surface area contributed by atoms with Crippen LogP contribution in [0.3, 0.4) is 0 Å². The zero-order chi connectivity index (χ0) is 18.9. The summed E-state index contributed by atoms with van der Waals surface area (Å²) in [7, 11) is -3.65. The maximum Gasteiger partial charge on any atom is 0.265 e. The van der Waals surface area contributed by atoms with Gasteiger partial charge >= 0.3 is 0 Å². The molecule has 1 heterocycles. The summed E-state index contributed by atoms with van der Waals surface area (Å²) in [5.74, 6) is -0.164. The van der Waals surface area contributed by atoms with Crippen LogP contribution >= 0.6 is 0 Å². The lowest BCUT2D eigenvalue weighted by Crippen LogP contribution is -2.35. The van der Waals surface area contributed by atoms with Crippen molar-refractivity contribution in [3.8, 4) is 11.1 Å². The topological polar surface area (TPSA) is 66.5 Å². The molecular weight excluding hydrogens is 348 g/mol. The average Bonchev–Trinajstić information content (AvgIpc) is 2.64. The van der Waals surface area contributed by atoms with E-state index >= 15 is 0 Å². The third kappa shape index (κ3) is 3.01. The molecule has 0 fully saturated rings. The monoisotopic (exact) mass is 370 g/mol. The molecule has 2 aromatic carbocycles. The van der Waals surface area contributed by atoms with Crippen molar-refractivity contribution in [1.82, 2.24) is 5.32 Å². The van der Waals surface area contributed by atoms with Gasteiger partial charge in [-0.05, 0) is 37.6 Å². The van der Waals surface area contributed by atoms with Crippen molar-refractivity contribution >= 4 is 21.6 Å². The van der Waals surface area contributed by atoms with Gasteiger partial charge in [0.05, 0.1) is 17.1 Å². The van der Waals surface area contributed by atoms with Gasteiger partial charge in [-0.1, -0.05) is 31.2 Å². The molecule has 0 radical (unpaired) electrons. The predicted molar refractivity (Wildman–Crippen MR) is 104 cm³/mol. The highest BCUT2D eigenvalue weighted by Gasteiger charge is 2.34. The number of sulfonamides is 1. The Bertz CT molecular complexity index is 967. The summed E-state index contributed by atoms with van der Waals surface area (Å²) >= 11 is 0. The molecule has 0 aliphatic carbocycles. The Kier molecular flexibility index (Phi) is 4.87. The summed E-state index contributed by atoms with van der Waals surface area (Å²) < 4.78 is 27.2. The lowest BCUT2D eigenvalue weighted by Gasteiger charge is -2.31. The fourth-order valence-electron chi connectivity index (χ4n) is 3.00. The Hall–Kier alpha value is -2.60. The Morgan fingerprint density at radius 1 is 1.23 bits per heavy atom. The minimum atomic E-state index is -3.65. The summed E-state index contributed by atoms with van der Waals surface area (Å²) in [6.45, 7) is 7.79. The van der Waals surface area contributed by atoms with E-state index < -0.39 is 10.0 Å². The first kappa shape index (κ1) is 18.2. The fraction of sp³-hybridized carbons (Fsp3) is 0.250. The maximum absolute atomic E-state index is 13.0. The maximum atomic E-state index is 13.0. The number of benzene rings is 2. The first-order valence-electron chi connectivity index (χ1n) is 8.58. The smallest absolute Gasteiger partial charge is 0.265 e. The van der Waals surface area contributed by atoms with E-state index in [0.717, 1.165) is 12.0 Å². The average molecular weight is 370 g/mol. The Labute approximate surface area is 154 Å². The number of carbonyl (C=O) groups is 1. The second kappa shape index (κ2) is 6.96. The van der Waals surface area contributed by atoms with E-state index in [4.69, 9.17) is 0 Å². The number of hydrogen-bond donors (Lipinski definition) is 1. The molecule has 0 bridgehead atoms. The molecule has 6 heteroatoms. The number of rotatable bonds is 5. The van der Waals surface area contributed by atoms with Crippen LogP contribution < -0.4 is 9.62 Å². The molecule has 0 unspecified atom stereocenters. The molecule has 1 amide bonds. The molecule has 0 aromatic heterocycles. The van der Waals surface area contributed by atoms with Crippen molar-refractivity contribution < 1.29 is 13.2 Å². The Balaban J connectivity index is 2.16. The lowest BCUT2D eigenvalue weighted by molar-refractivity contribution is 0.0939. The predicted octanol–water partition coefficient (Wildman–Crippen LogP) is 3.58. The molecule has 2 aromatic rings. The van der Waals surface area contributed by atoms with Gasteiger partial charge in [-0.25, -0.2) is 8.42 Å². The van der Waals surface area contributed by atoms with E-state index in [1.165, 1.54) is 4.31 Å². The molecular formula is C20H22N2O3S. The highest BCUT2D eigenvalue weighted by atomic mass is 32.2. The van der Waals surface area contributed by atoms with E-state index in [-0.39, 0.29) is 23.4 Å². The van der Waals surface area contributed by atoms with E-state index in [1.54, 1.807) is 48.5 Å². The molecule has 136 valence electrons. The second-order valence-corrected chi connectivity index (χ2v) is 8.17. The number of nitrogens with zero attached hydrogens (tertiary/aromatic N) is 1. The Morgan fingerprint density at radius 2 is 1.96 bits per heavy atom. The first-order chi connectivity index (χ1) is 12.4. The van der Waals surface area contributed by atoms with Crippen LogP contribution in [0.15, 0.2) is 60.0 Å². The summed E-state index contributed by atoms with van der Waals surface area (Å²) in [5.41, 5.74) is 2.41. The lowest BCUT2D eigenvalue weighted by atomic mass is 9.99. The number of anilines is 1. The molecule has 26 heavy (non-hydrogen) atoms. The summed E-state index contributed by atoms with van der Waals surface area (Å²) in [5, 5.41) is 2.94. The zero-order valence-electron chi connectivity index (χ0n) is 14.9. The van der Waals surface area contributed by atoms with E-state index in [1.807, 2.05) is 13.8 Å². The fourth-order valence-corrected chi connectivity index (χ4v) is 4.66. The van der Waals surface area contributed by atoms with Gasteiger partial charge in [0, 0.05) is 22.7 Å². The van der Waals surface area contributed by atoms with Crippen LogP contribution in [0, 0.1) is 0 Å². The molecule has 1 atom stereocenters. The SMILES string of the molecule is C=CCN1c2ccc(C(=O)N[C@@H](C)CC)cc2-c2ccccc2S1(=O)=O. The molecule has 3 rings (SSSR count). The summed E-state index contributed by atoms with van der Waals surface area (Å²) in [6.07, 6.45) is 2.39. The van der Waals surface area contributed by atoms with E-state index in [0.29, 0.717) is 16.8 Å². The van der Waals surface area contributed by atoms with Gasteiger partial charge < -0.3 is 5.32 Å². The van der Waals surface area contributed by atoms with Gasteiger partial charge in [-0.2, -0.15) is 0 Å². The van der Waals surface area contributed by atoms with Crippen LogP contribution in [0.2, 0.25) is 0 Å². The molecule has 0 saturated heterocycles. The Morgan fingerprint density at radius 3 is 2.65 bits per heavy atom. The first-order valence-corrected chi connectivity index (χ1v) is 10.0. The van der Waals surface area contributed by atoms with Gasteiger partial charge in [-0.3, -0.25) is 9.10 Å². The van der Waals surface area contributed by atoms with Crippen LogP contribution in [0.4, 0.5) is 5.69 Å². The third-order valence-electron chi connectivity index (χ3n) is 4.56. The summed E-state index contributed by atoms with van der Waals surface area (Å²) in [4.78, 5) is 12.7. The normalized spacial score (nSPS) is 15.5. The van der Waals surface area contributed by atoms with Crippen molar-refractivity contribution in [3.63, 3.8) is 0 Å². The van der Waals surface area contributed by atoms with Gasteiger partial charge in [0.25, 0.3) is 15.9 Å². The molecule has 0 spiro atoms. The molecule has 5 nitrogen and oxygen atoms in total. The quantitative estimate of drug-likeness (QED) is 0.818. The number of amides is 1. The number of carbonyl (C=O) groups excluding carboxylic acids is 1.